The van der Waals surface area contributed by atoms with Crippen LogP contribution in [0, 0.1) is 11.7 Å². The zero-order valence-corrected chi connectivity index (χ0v) is 22.6. The maximum Gasteiger partial charge on any atom is 0.253 e. The van der Waals surface area contributed by atoms with Crippen molar-refractivity contribution < 1.29 is 14.3 Å². The summed E-state index contributed by atoms with van der Waals surface area (Å²) in [6.45, 7) is 12.9. The number of rotatable bonds is 6. The fraction of sp³-hybridized carbons (Fsp3) is 0.367. The summed E-state index contributed by atoms with van der Waals surface area (Å²) in [7, 11) is 1.88. The van der Waals surface area contributed by atoms with Crippen LogP contribution in [0.2, 0.25) is 0 Å². The Hall–Kier alpha value is -3.78. The molecule has 198 valence electrons. The Kier molecular flexibility index (Phi) is 6.26. The number of amidine groups is 1. The standard InChI is InChI=1S/C30H34FN5O2/c1-19-29(2,3)33-27(36(19)17-20-15-35(16-20)28(37)30(4,5)38)25-12-11-23(13-26(25)31)21-7-9-22(10-8-21)24-14-32-34(6)18-24/h7-14,18,20,38H,1,15-17H2,2-6H3. The highest BCUT2D eigenvalue weighted by Crippen LogP contribution is 2.36. The zero-order chi connectivity index (χ0) is 27.4. The van der Waals surface area contributed by atoms with Crippen LogP contribution in [0.3, 0.4) is 0 Å². The van der Waals surface area contributed by atoms with Gasteiger partial charge in [0.25, 0.3) is 5.91 Å². The molecule has 1 saturated heterocycles. The molecule has 5 rings (SSSR count). The zero-order valence-electron chi connectivity index (χ0n) is 22.6. The van der Waals surface area contributed by atoms with E-state index in [2.05, 4.69) is 11.7 Å². The molecule has 0 bridgehead atoms. The van der Waals surface area contributed by atoms with Crippen LogP contribution in [0.25, 0.3) is 22.3 Å². The minimum absolute atomic E-state index is 0.179. The SMILES string of the molecule is C=C1N(CC2CN(C(=O)C(C)(C)O)C2)C(c2ccc(-c3ccc(-c4cnn(C)c4)cc3)cc2F)=NC1(C)C. The third-order valence-corrected chi connectivity index (χ3v) is 7.35. The van der Waals surface area contributed by atoms with Crippen molar-refractivity contribution in [2.75, 3.05) is 19.6 Å². The third kappa shape index (κ3) is 4.76. The fourth-order valence-electron chi connectivity index (χ4n) is 5.05. The van der Waals surface area contributed by atoms with Gasteiger partial charge in [-0.05, 0) is 56.5 Å². The number of likely N-dealkylation sites (tertiary alicyclic amines) is 1. The number of carbonyl (C=O) groups is 1. The molecule has 3 aromatic rings. The first-order valence-corrected chi connectivity index (χ1v) is 12.8. The van der Waals surface area contributed by atoms with Crippen LogP contribution in [0.5, 0.6) is 0 Å². The summed E-state index contributed by atoms with van der Waals surface area (Å²) in [6, 6.07) is 13.2. The van der Waals surface area contributed by atoms with Gasteiger partial charge in [0.2, 0.25) is 0 Å². The average Bonchev–Trinajstić information content (AvgIpc) is 3.36. The first-order chi connectivity index (χ1) is 17.8. The number of benzene rings is 2. The van der Waals surface area contributed by atoms with E-state index in [1.807, 2.05) is 68.5 Å². The molecule has 2 aliphatic rings. The minimum atomic E-state index is -1.39. The van der Waals surface area contributed by atoms with Crippen molar-refractivity contribution in [2.24, 2.45) is 18.0 Å². The van der Waals surface area contributed by atoms with Crippen LogP contribution in [-0.4, -0.2) is 67.2 Å². The van der Waals surface area contributed by atoms with Gasteiger partial charge in [-0.3, -0.25) is 14.5 Å². The van der Waals surface area contributed by atoms with E-state index < -0.39 is 11.1 Å². The molecule has 3 heterocycles. The van der Waals surface area contributed by atoms with E-state index in [9.17, 15) is 9.90 Å². The van der Waals surface area contributed by atoms with Crippen LogP contribution >= 0.6 is 0 Å². The second-order valence-electron chi connectivity index (χ2n) is 11.4. The molecule has 2 aliphatic heterocycles. The van der Waals surface area contributed by atoms with Crippen molar-refractivity contribution in [1.29, 1.82) is 0 Å². The Morgan fingerprint density at radius 3 is 2.26 bits per heavy atom. The Labute approximate surface area is 222 Å². The van der Waals surface area contributed by atoms with Gasteiger partial charge in [0.15, 0.2) is 0 Å². The van der Waals surface area contributed by atoms with Gasteiger partial charge in [0.1, 0.15) is 17.3 Å². The number of nitrogens with zero attached hydrogens (tertiary/aromatic N) is 5. The molecule has 2 aromatic carbocycles. The van der Waals surface area contributed by atoms with Gasteiger partial charge in [-0.25, -0.2) is 4.39 Å². The summed E-state index contributed by atoms with van der Waals surface area (Å²) < 4.78 is 17.4. The van der Waals surface area contributed by atoms with Gasteiger partial charge in [-0.2, -0.15) is 5.10 Å². The molecular formula is C30H34FN5O2. The molecule has 1 fully saturated rings. The number of hydrogen-bond acceptors (Lipinski definition) is 5. The van der Waals surface area contributed by atoms with Crippen LogP contribution in [0.1, 0.15) is 33.3 Å². The summed E-state index contributed by atoms with van der Waals surface area (Å²) in [5.74, 6) is 0.111. The maximum absolute atomic E-state index is 15.6. The Morgan fingerprint density at radius 2 is 1.71 bits per heavy atom. The van der Waals surface area contributed by atoms with E-state index in [4.69, 9.17) is 4.99 Å². The average molecular weight is 516 g/mol. The number of aliphatic hydroxyl groups is 1. The van der Waals surface area contributed by atoms with E-state index in [-0.39, 0.29) is 17.6 Å². The largest absolute Gasteiger partial charge is 0.381 e. The molecule has 7 nitrogen and oxygen atoms in total. The number of aromatic nitrogens is 2. The second kappa shape index (κ2) is 9.20. The highest BCUT2D eigenvalue weighted by atomic mass is 19.1. The van der Waals surface area contributed by atoms with E-state index in [0.29, 0.717) is 31.0 Å². The second-order valence-corrected chi connectivity index (χ2v) is 11.4. The summed E-state index contributed by atoms with van der Waals surface area (Å²) in [4.78, 5) is 20.8. The summed E-state index contributed by atoms with van der Waals surface area (Å²) in [5.41, 5.74) is 3.06. The molecule has 1 N–H and O–H groups in total. The van der Waals surface area contributed by atoms with Gasteiger partial charge in [0.05, 0.1) is 17.3 Å². The number of carbonyl (C=O) groups excluding carboxylic acids is 1. The Balaban J connectivity index is 1.34. The molecule has 0 spiro atoms. The van der Waals surface area contributed by atoms with Crippen LogP contribution in [-0.2, 0) is 11.8 Å². The number of aliphatic imine (C=N–C) groups is 1. The van der Waals surface area contributed by atoms with E-state index in [1.165, 1.54) is 13.8 Å². The van der Waals surface area contributed by atoms with E-state index in [1.54, 1.807) is 21.7 Å². The van der Waals surface area contributed by atoms with Gasteiger partial charge >= 0.3 is 0 Å². The first kappa shape index (κ1) is 25.9. The lowest BCUT2D eigenvalue weighted by atomic mass is 9.94. The smallest absolute Gasteiger partial charge is 0.253 e. The van der Waals surface area contributed by atoms with Crippen molar-refractivity contribution >= 4 is 11.7 Å². The highest BCUT2D eigenvalue weighted by molar-refractivity contribution is 6.02. The predicted octanol–water partition coefficient (Wildman–Crippen LogP) is 4.48. The monoisotopic (exact) mass is 515 g/mol. The summed E-state index contributed by atoms with van der Waals surface area (Å²) >= 11 is 0. The summed E-state index contributed by atoms with van der Waals surface area (Å²) in [5, 5.41) is 14.2. The highest BCUT2D eigenvalue weighted by Gasteiger charge is 2.42. The lowest BCUT2D eigenvalue weighted by Gasteiger charge is -2.44. The molecule has 0 radical (unpaired) electrons. The molecule has 0 aliphatic carbocycles. The van der Waals surface area contributed by atoms with Crippen molar-refractivity contribution in [2.45, 2.75) is 38.8 Å². The molecule has 1 aromatic heterocycles. The molecule has 8 heteroatoms. The number of halogens is 1. The Bertz CT molecular complexity index is 1430. The van der Waals surface area contributed by atoms with Crippen molar-refractivity contribution in [3.63, 3.8) is 0 Å². The third-order valence-electron chi connectivity index (χ3n) is 7.35. The number of hydrogen-bond donors (Lipinski definition) is 1. The number of amides is 1. The predicted molar refractivity (Wildman–Crippen MR) is 147 cm³/mol. The fourth-order valence-corrected chi connectivity index (χ4v) is 5.05. The van der Waals surface area contributed by atoms with Crippen molar-refractivity contribution in [3.05, 3.63) is 78.5 Å². The van der Waals surface area contributed by atoms with Gasteiger partial charge < -0.3 is 14.9 Å². The molecule has 1 amide bonds. The lowest BCUT2D eigenvalue weighted by molar-refractivity contribution is -0.154. The van der Waals surface area contributed by atoms with Crippen LogP contribution in [0.15, 0.2) is 72.1 Å². The molecule has 0 atom stereocenters. The summed E-state index contributed by atoms with van der Waals surface area (Å²) in [6.07, 6.45) is 3.78. The maximum atomic E-state index is 15.6. The van der Waals surface area contributed by atoms with Crippen molar-refractivity contribution in [3.8, 4) is 22.3 Å². The van der Waals surface area contributed by atoms with Gasteiger partial charge in [-0.1, -0.05) is 36.9 Å². The van der Waals surface area contributed by atoms with E-state index in [0.717, 1.165) is 28.0 Å². The normalized spacial score (nSPS) is 17.6. The van der Waals surface area contributed by atoms with Gasteiger partial charge in [0, 0.05) is 50.1 Å². The van der Waals surface area contributed by atoms with Crippen LogP contribution in [0.4, 0.5) is 4.39 Å². The first-order valence-electron chi connectivity index (χ1n) is 12.8. The Morgan fingerprint density at radius 1 is 1.11 bits per heavy atom. The molecule has 0 saturated carbocycles. The lowest BCUT2D eigenvalue weighted by Crippen LogP contribution is -2.58. The number of aryl methyl sites for hydroxylation is 1. The van der Waals surface area contributed by atoms with Crippen LogP contribution < -0.4 is 0 Å². The molecular weight excluding hydrogens is 481 g/mol. The molecule has 38 heavy (non-hydrogen) atoms. The minimum Gasteiger partial charge on any atom is -0.381 e. The molecule has 0 unspecified atom stereocenters. The van der Waals surface area contributed by atoms with Crippen molar-refractivity contribution in [1.82, 2.24) is 19.6 Å². The topological polar surface area (TPSA) is 74.0 Å². The quantitative estimate of drug-likeness (QED) is 0.526. The van der Waals surface area contributed by atoms with E-state index >= 15 is 4.39 Å². The van der Waals surface area contributed by atoms with Gasteiger partial charge in [-0.15, -0.1) is 0 Å².